The standard InChI is InChI=1S/C9H8Cl2F3NO/c1-16-7-5(8(15)9(12,13)14)2-4(10)3-6(7)11/h2-3,8H,15H2,1H3/t8-/m1/s1. The van der Waals surface area contributed by atoms with Crippen molar-refractivity contribution >= 4 is 23.2 Å². The second-order valence-electron chi connectivity index (χ2n) is 3.03. The lowest BCUT2D eigenvalue weighted by Crippen LogP contribution is -2.28. The first-order valence-electron chi connectivity index (χ1n) is 4.12. The Hall–Kier alpha value is -0.650. The molecule has 1 aromatic rings. The number of benzene rings is 1. The topological polar surface area (TPSA) is 35.2 Å². The lowest BCUT2D eigenvalue weighted by Gasteiger charge is -2.19. The quantitative estimate of drug-likeness (QED) is 0.894. The van der Waals surface area contributed by atoms with Gasteiger partial charge in [-0.1, -0.05) is 23.2 Å². The Bertz CT molecular complexity index is 395. The lowest BCUT2D eigenvalue weighted by atomic mass is 10.1. The number of halogens is 5. The average molecular weight is 274 g/mol. The number of alkyl halides is 3. The molecule has 0 aliphatic carbocycles. The molecule has 0 spiro atoms. The SMILES string of the molecule is COc1c(Cl)cc(Cl)cc1[C@@H](N)C(F)(F)F. The van der Waals surface area contributed by atoms with Crippen molar-refractivity contribution in [3.05, 3.63) is 27.7 Å². The molecule has 0 aliphatic rings. The van der Waals surface area contributed by atoms with E-state index in [2.05, 4.69) is 0 Å². The summed E-state index contributed by atoms with van der Waals surface area (Å²) < 4.78 is 42.1. The summed E-state index contributed by atoms with van der Waals surface area (Å²) in [5, 5.41) is 0.0604. The van der Waals surface area contributed by atoms with Crippen LogP contribution in [0, 0.1) is 0 Å². The highest BCUT2D eigenvalue weighted by Gasteiger charge is 2.40. The summed E-state index contributed by atoms with van der Waals surface area (Å²) in [5.41, 5.74) is 4.78. The zero-order valence-electron chi connectivity index (χ0n) is 8.11. The molecule has 0 radical (unpaired) electrons. The molecule has 0 aliphatic heterocycles. The Kier molecular flexibility index (Phi) is 3.93. The van der Waals surface area contributed by atoms with Gasteiger partial charge in [-0.3, -0.25) is 0 Å². The van der Waals surface area contributed by atoms with E-state index >= 15 is 0 Å². The molecule has 0 heterocycles. The van der Waals surface area contributed by atoms with Crippen molar-refractivity contribution in [2.24, 2.45) is 5.73 Å². The van der Waals surface area contributed by atoms with Crippen LogP contribution in [0.3, 0.4) is 0 Å². The maximum atomic E-state index is 12.4. The van der Waals surface area contributed by atoms with Gasteiger partial charge < -0.3 is 10.5 Å². The first-order valence-corrected chi connectivity index (χ1v) is 4.88. The van der Waals surface area contributed by atoms with E-state index in [9.17, 15) is 13.2 Å². The summed E-state index contributed by atoms with van der Waals surface area (Å²) in [6.45, 7) is 0. The van der Waals surface area contributed by atoms with Crippen molar-refractivity contribution in [1.29, 1.82) is 0 Å². The van der Waals surface area contributed by atoms with Gasteiger partial charge in [-0.15, -0.1) is 0 Å². The van der Waals surface area contributed by atoms with Crippen molar-refractivity contribution in [1.82, 2.24) is 0 Å². The molecule has 1 rings (SSSR count). The predicted octanol–water partition coefficient (Wildman–Crippen LogP) is 3.56. The third-order valence-corrected chi connectivity index (χ3v) is 2.43. The summed E-state index contributed by atoms with van der Waals surface area (Å²) >= 11 is 11.3. The minimum atomic E-state index is -4.58. The molecule has 0 fully saturated rings. The van der Waals surface area contributed by atoms with E-state index in [4.69, 9.17) is 33.7 Å². The van der Waals surface area contributed by atoms with Crippen molar-refractivity contribution in [2.45, 2.75) is 12.2 Å². The van der Waals surface area contributed by atoms with Crippen molar-refractivity contribution in [2.75, 3.05) is 7.11 Å². The van der Waals surface area contributed by atoms with Crippen LogP contribution >= 0.6 is 23.2 Å². The van der Waals surface area contributed by atoms with Crippen LogP contribution in [-0.2, 0) is 0 Å². The molecular weight excluding hydrogens is 266 g/mol. The van der Waals surface area contributed by atoms with Crippen molar-refractivity contribution < 1.29 is 17.9 Å². The van der Waals surface area contributed by atoms with Crippen LogP contribution in [0.1, 0.15) is 11.6 Å². The van der Waals surface area contributed by atoms with E-state index in [0.717, 1.165) is 6.07 Å². The third kappa shape index (κ3) is 2.72. The Morgan fingerprint density at radius 1 is 1.31 bits per heavy atom. The Morgan fingerprint density at radius 3 is 2.31 bits per heavy atom. The lowest BCUT2D eigenvalue weighted by molar-refractivity contribution is -0.149. The zero-order chi connectivity index (χ0) is 12.5. The van der Waals surface area contributed by atoms with E-state index in [0.29, 0.717) is 0 Å². The van der Waals surface area contributed by atoms with Gasteiger partial charge in [0, 0.05) is 10.6 Å². The van der Waals surface area contributed by atoms with Gasteiger partial charge >= 0.3 is 6.18 Å². The first-order chi connectivity index (χ1) is 7.27. The molecule has 7 heteroatoms. The Balaban J connectivity index is 3.31. The van der Waals surface area contributed by atoms with Crippen LogP contribution in [0.5, 0.6) is 5.75 Å². The third-order valence-electron chi connectivity index (χ3n) is 1.93. The van der Waals surface area contributed by atoms with E-state index in [1.807, 2.05) is 0 Å². The molecule has 0 aromatic heterocycles. The van der Waals surface area contributed by atoms with Gasteiger partial charge in [-0.25, -0.2) is 0 Å². The molecule has 2 N–H and O–H groups in total. The second kappa shape index (κ2) is 4.69. The molecule has 1 atom stereocenters. The summed E-state index contributed by atoms with van der Waals surface area (Å²) in [7, 11) is 1.21. The predicted molar refractivity (Wildman–Crippen MR) is 56.0 cm³/mol. The second-order valence-corrected chi connectivity index (χ2v) is 3.87. The Morgan fingerprint density at radius 2 is 1.88 bits per heavy atom. The molecule has 1 aromatic carbocycles. The summed E-state index contributed by atoms with van der Waals surface area (Å²) in [4.78, 5) is 0. The number of methoxy groups -OCH3 is 1. The van der Waals surface area contributed by atoms with Gasteiger partial charge in [-0.2, -0.15) is 13.2 Å². The minimum absolute atomic E-state index is 0.00954. The molecule has 0 saturated carbocycles. The molecule has 0 saturated heterocycles. The van der Waals surface area contributed by atoms with Gasteiger partial charge in [0.05, 0.1) is 12.1 Å². The largest absolute Gasteiger partial charge is 0.495 e. The van der Waals surface area contributed by atoms with Crippen LogP contribution in [0.25, 0.3) is 0 Å². The number of hydrogen-bond acceptors (Lipinski definition) is 2. The van der Waals surface area contributed by atoms with Gasteiger partial charge in [0.25, 0.3) is 0 Å². The maximum Gasteiger partial charge on any atom is 0.407 e. The van der Waals surface area contributed by atoms with E-state index in [1.165, 1.54) is 13.2 Å². The fourth-order valence-corrected chi connectivity index (χ4v) is 1.79. The van der Waals surface area contributed by atoms with E-state index < -0.39 is 12.2 Å². The van der Waals surface area contributed by atoms with Gasteiger partial charge in [0.15, 0.2) is 0 Å². The molecule has 90 valence electrons. The fraction of sp³-hybridized carbons (Fsp3) is 0.333. The van der Waals surface area contributed by atoms with Crippen LogP contribution in [0.4, 0.5) is 13.2 Å². The number of rotatable bonds is 2. The van der Waals surface area contributed by atoms with Gasteiger partial charge in [-0.05, 0) is 12.1 Å². The average Bonchev–Trinajstić information content (AvgIpc) is 2.14. The van der Waals surface area contributed by atoms with Crippen LogP contribution in [0.15, 0.2) is 12.1 Å². The zero-order valence-corrected chi connectivity index (χ0v) is 9.62. The molecule has 16 heavy (non-hydrogen) atoms. The molecule has 2 nitrogen and oxygen atoms in total. The minimum Gasteiger partial charge on any atom is -0.495 e. The maximum absolute atomic E-state index is 12.4. The molecular formula is C9H8Cl2F3NO. The number of ether oxygens (including phenoxy) is 1. The molecule has 0 bridgehead atoms. The van der Waals surface area contributed by atoms with Crippen molar-refractivity contribution in [3.63, 3.8) is 0 Å². The summed E-state index contributed by atoms with van der Waals surface area (Å²) in [5.74, 6) is -0.115. The van der Waals surface area contributed by atoms with Crippen LogP contribution in [0.2, 0.25) is 10.0 Å². The van der Waals surface area contributed by atoms with Crippen molar-refractivity contribution in [3.8, 4) is 5.75 Å². The van der Waals surface area contributed by atoms with Crippen LogP contribution < -0.4 is 10.5 Å². The summed E-state index contributed by atoms with van der Waals surface area (Å²) in [6, 6.07) is 0.192. The highest BCUT2D eigenvalue weighted by atomic mass is 35.5. The highest BCUT2D eigenvalue weighted by Crippen LogP contribution is 2.40. The summed E-state index contributed by atoms with van der Waals surface area (Å²) in [6.07, 6.45) is -4.58. The van der Waals surface area contributed by atoms with E-state index in [1.54, 1.807) is 0 Å². The molecule has 0 amide bonds. The van der Waals surface area contributed by atoms with Gasteiger partial charge in [0.1, 0.15) is 11.8 Å². The number of hydrogen-bond donors (Lipinski definition) is 1. The molecule has 0 unspecified atom stereocenters. The normalized spacial score (nSPS) is 13.7. The smallest absolute Gasteiger partial charge is 0.407 e. The highest BCUT2D eigenvalue weighted by molar-refractivity contribution is 6.35. The van der Waals surface area contributed by atoms with Crippen LogP contribution in [-0.4, -0.2) is 13.3 Å². The number of nitrogens with two attached hydrogens (primary N) is 1. The van der Waals surface area contributed by atoms with E-state index in [-0.39, 0.29) is 21.4 Å². The first kappa shape index (κ1) is 13.4. The van der Waals surface area contributed by atoms with Gasteiger partial charge in [0.2, 0.25) is 0 Å². The monoisotopic (exact) mass is 273 g/mol. The fourth-order valence-electron chi connectivity index (χ4n) is 1.20. The Labute approximate surface area is 100 Å².